The van der Waals surface area contributed by atoms with Crippen LogP contribution in [0.4, 0.5) is 0 Å². The summed E-state index contributed by atoms with van der Waals surface area (Å²) in [5.41, 5.74) is 0. The maximum absolute atomic E-state index is 10.6. The number of aliphatic carboxylic acids is 1. The van der Waals surface area contributed by atoms with E-state index in [1.54, 1.807) is 0 Å². The predicted octanol–water partition coefficient (Wildman–Crippen LogP) is 3.82. The molecule has 3 heterocycles. The Hall–Kier alpha value is -1.33. The minimum absolute atomic E-state index is 0.142. The van der Waals surface area contributed by atoms with Gasteiger partial charge in [-0.2, -0.15) is 0 Å². The fourth-order valence-corrected chi connectivity index (χ4v) is 4.54. The van der Waals surface area contributed by atoms with Gasteiger partial charge in [-0.25, -0.2) is 0 Å². The van der Waals surface area contributed by atoms with Gasteiger partial charge in [0.2, 0.25) is 0 Å². The molecule has 0 saturated carbocycles. The number of carboxylic acid groups (broad SMARTS) is 1. The summed E-state index contributed by atoms with van der Waals surface area (Å²) >= 11 is 0. The summed E-state index contributed by atoms with van der Waals surface area (Å²) < 4.78 is 12.2. The number of hydrogen-bond donors (Lipinski definition) is 2. The van der Waals surface area contributed by atoms with Crippen molar-refractivity contribution in [3.8, 4) is 0 Å². The number of carboxylic acids is 1. The minimum Gasteiger partial charge on any atom is -0.492 e. The van der Waals surface area contributed by atoms with Crippen LogP contribution in [0.3, 0.4) is 0 Å². The quantitative estimate of drug-likeness (QED) is 0.455. The van der Waals surface area contributed by atoms with Crippen molar-refractivity contribution in [1.82, 2.24) is 0 Å². The maximum Gasteiger partial charge on any atom is 0.303 e. The van der Waals surface area contributed by atoms with Crippen LogP contribution < -0.4 is 0 Å². The van der Waals surface area contributed by atoms with E-state index in [9.17, 15) is 9.90 Å². The first kappa shape index (κ1) is 19.4. The van der Waals surface area contributed by atoms with Crippen LogP contribution in [0.5, 0.6) is 0 Å². The Morgan fingerprint density at radius 3 is 2.92 bits per heavy atom. The second kappa shape index (κ2) is 9.05. The van der Waals surface area contributed by atoms with E-state index in [2.05, 4.69) is 19.1 Å². The Kier molecular flexibility index (Phi) is 6.76. The summed E-state index contributed by atoms with van der Waals surface area (Å²) in [6, 6.07) is 0. The van der Waals surface area contributed by atoms with Gasteiger partial charge in [-0.1, -0.05) is 38.3 Å². The Morgan fingerprint density at radius 1 is 1.31 bits per heavy atom. The molecule has 3 fully saturated rings. The van der Waals surface area contributed by atoms with E-state index in [0.29, 0.717) is 18.3 Å². The van der Waals surface area contributed by atoms with Crippen LogP contribution in [-0.4, -0.2) is 40.6 Å². The minimum atomic E-state index is -0.748. The Labute approximate surface area is 156 Å². The monoisotopic (exact) mass is 364 g/mol. The zero-order chi connectivity index (χ0) is 18.5. The SMILES string of the molecule is CCCCC[C@@H](O)C=C[C@H]1C2CC(=CCCCC(=O)O)O[C@H]3C[C@@H]1O[C@@H]23. The van der Waals surface area contributed by atoms with Crippen molar-refractivity contribution >= 4 is 5.97 Å². The molecule has 3 aliphatic rings. The lowest BCUT2D eigenvalue weighted by molar-refractivity contribution is -0.137. The average Bonchev–Trinajstić information content (AvgIpc) is 3.16. The van der Waals surface area contributed by atoms with Gasteiger partial charge in [-0.05, 0) is 25.3 Å². The number of hydrogen-bond acceptors (Lipinski definition) is 4. The molecular formula is C21H32O5. The number of aliphatic hydroxyl groups is 1. The average molecular weight is 364 g/mol. The normalized spacial score (nSPS) is 35.2. The highest BCUT2D eigenvalue weighted by Crippen LogP contribution is 2.51. The van der Waals surface area contributed by atoms with Gasteiger partial charge in [0.25, 0.3) is 0 Å². The molecule has 0 aromatic heterocycles. The zero-order valence-electron chi connectivity index (χ0n) is 15.7. The molecule has 0 amide bonds. The van der Waals surface area contributed by atoms with Gasteiger partial charge in [0.1, 0.15) is 6.10 Å². The van der Waals surface area contributed by atoms with E-state index in [1.807, 2.05) is 6.08 Å². The van der Waals surface area contributed by atoms with Gasteiger partial charge in [-0.3, -0.25) is 4.79 Å². The van der Waals surface area contributed by atoms with Crippen LogP contribution in [-0.2, 0) is 14.3 Å². The van der Waals surface area contributed by atoms with Gasteiger partial charge in [-0.15, -0.1) is 0 Å². The van der Waals surface area contributed by atoms with Crippen molar-refractivity contribution in [2.45, 2.75) is 89.1 Å². The molecule has 1 unspecified atom stereocenters. The van der Waals surface area contributed by atoms with Crippen LogP contribution in [0.1, 0.15) is 64.7 Å². The summed E-state index contributed by atoms with van der Waals surface area (Å²) in [6.45, 7) is 2.17. The molecule has 5 heteroatoms. The molecule has 0 aliphatic carbocycles. The third-order valence-corrected chi connectivity index (χ3v) is 5.87. The molecule has 3 rings (SSSR count). The molecule has 26 heavy (non-hydrogen) atoms. The van der Waals surface area contributed by atoms with Crippen LogP contribution in [0, 0.1) is 11.8 Å². The van der Waals surface area contributed by atoms with E-state index >= 15 is 0 Å². The summed E-state index contributed by atoms with van der Waals surface area (Å²) in [5, 5.41) is 18.9. The van der Waals surface area contributed by atoms with Crippen LogP contribution >= 0.6 is 0 Å². The molecular weight excluding hydrogens is 332 g/mol. The topological polar surface area (TPSA) is 76.0 Å². The number of aliphatic hydroxyl groups excluding tert-OH is 1. The predicted molar refractivity (Wildman–Crippen MR) is 98.6 cm³/mol. The summed E-state index contributed by atoms with van der Waals surface area (Å²) in [5.74, 6) is 1.01. The van der Waals surface area contributed by atoms with E-state index in [4.69, 9.17) is 14.6 Å². The molecule has 0 aromatic carbocycles. The first-order valence-electron chi connectivity index (χ1n) is 10.2. The van der Waals surface area contributed by atoms with Crippen molar-refractivity contribution in [2.24, 2.45) is 11.8 Å². The first-order valence-corrected chi connectivity index (χ1v) is 10.2. The fourth-order valence-electron chi connectivity index (χ4n) is 4.54. The molecule has 2 bridgehead atoms. The molecule has 5 nitrogen and oxygen atoms in total. The Morgan fingerprint density at radius 2 is 2.15 bits per heavy atom. The molecule has 0 radical (unpaired) electrons. The molecule has 0 aromatic rings. The van der Waals surface area contributed by atoms with E-state index < -0.39 is 5.97 Å². The van der Waals surface area contributed by atoms with Gasteiger partial charge in [0.05, 0.1) is 24.1 Å². The summed E-state index contributed by atoms with van der Waals surface area (Å²) in [7, 11) is 0. The molecule has 2 N–H and O–H groups in total. The van der Waals surface area contributed by atoms with Gasteiger partial charge >= 0.3 is 5.97 Å². The van der Waals surface area contributed by atoms with E-state index in [-0.39, 0.29) is 30.8 Å². The van der Waals surface area contributed by atoms with Crippen molar-refractivity contribution in [2.75, 3.05) is 0 Å². The van der Waals surface area contributed by atoms with Gasteiger partial charge in [0, 0.05) is 31.1 Å². The number of unbranched alkanes of at least 4 members (excludes halogenated alkanes) is 3. The largest absolute Gasteiger partial charge is 0.492 e. The lowest BCUT2D eigenvalue weighted by Gasteiger charge is -2.37. The van der Waals surface area contributed by atoms with Gasteiger partial charge < -0.3 is 19.7 Å². The van der Waals surface area contributed by atoms with E-state index in [0.717, 1.165) is 37.9 Å². The Bertz CT molecular complexity index is 541. The van der Waals surface area contributed by atoms with Crippen molar-refractivity contribution in [1.29, 1.82) is 0 Å². The number of carbonyl (C=O) groups is 1. The lowest BCUT2D eigenvalue weighted by atomic mass is 9.74. The first-order chi connectivity index (χ1) is 12.6. The summed E-state index contributed by atoms with van der Waals surface area (Å²) in [6.07, 6.45) is 13.9. The van der Waals surface area contributed by atoms with Crippen LogP contribution in [0.25, 0.3) is 0 Å². The highest BCUT2D eigenvalue weighted by atomic mass is 16.6. The van der Waals surface area contributed by atoms with E-state index in [1.165, 1.54) is 12.8 Å². The smallest absolute Gasteiger partial charge is 0.303 e. The van der Waals surface area contributed by atoms with Gasteiger partial charge in [0.15, 0.2) is 0 Å². The second-order valence-electron chi connectivity index (χ2n) is 7.88. The number of allylic oxidation sites excluding steroid dienone is 2. The molecule has 0 spiro atoms. The molecule has 146 valence electrons. The number of fused-ring (bicyclic) bond motifs is 1. The summed E-state index contributed by atoms with van der Waals surface area (Å²) in [4.78, 5) is 10.6. The second-order valence-corrected chi connectivity index (χ2v) is 7.88. The molecule has 3 saturated heterocycles. The van der Waals surface area contributed by atoms with Crippen molar-refractivity contribution < 1.29 is 24.5 Å². The molecule has 6 atom stereocenters. The van der Waals surface area contributed by atoms with Crippen molar-refractivity contribution in [3.05, 3.63) is 24.0 Å². The van der Waals surface area contributed by atoms with Crippen LogP contribution in [0.2, 0.25) is 0 Å². The lowest BCUT2D eigenvalue weighted by Crippen LogP contribution is -2.41. The third-order valence-electron chi connectivity index (χ3n) is 5.87. The highest BCUT2D eigenvalue weighted by molar-refractivity contribution is 5.66. The Balaban J connectivity index is 1.53. The molecule has 3 aliphatic heterocycles. The number of rotatable bonds is 10. The fraction of sp³-hybridized carbons (Fsp3) is 0.762. The number of ether oxygens (including phenoxy) is 2. The highest BCUT2D eigenvalue weighted by Gasteiger charge is 2.56. The standard InChI is InChI=1S/C21H32O5/c1-2-3-4-7-14(22)10-11-16-17-12-15(8-5-6-9-20(23)24)25-19-13-18(16)26-21(17)19/h8,10-11,14,16-19,21-22H,2-7,9,12-13H2,1H3,(H,23,24)/t14-,16+,17?,18+,19+,21+/m1/s1. The zero-order valence-corrected chi connectivity index (χ0v) is 15.7. The van der Waals surface area contributed by atoms with Crippen LogP contribution in [0.15, 0.2) is 24.0 Å². The maximum atomic E-state index is 10.6. The third kappa shape index (κ3) is 4.68. The van der Waals surface area contributed by atoms with Crippen molar-refractivity contribution in [3.63, 3.8) is 0 Å².